The van der Waals surface area contributed by atoms with Gasteiger partial charge in [0.1, 0.15) is 6.42 Å². The number of thiol groups is 1. The van der Waals surface area contributed by atoms with Crippen molar-refractivity contribution < 1.29 is 9.90 Å². The van der Waals surface area contributed by atoms with E-state index in [9.17, 15) is 4.79 Å². The molecule has 66 valence electrons. The first-order chi connectivity index (χ1) is 6.20. The van der Waals surface area contributed by atoms with Gasteiger partial charge < -0.3 is 5.11 Å². The number of hydrogen-bond acceptors (Lipinski definition) is 2. The highest BCUT2D eigenvalue weighted by Crippen LogP contribution is 2.10. The van der Waals surface area contributed by atoms with Crippen molar-refractivity contribution in [3.05, 3.63) is 29.8 Å². The second-order valence-corrected chi connectivity index (χ2v) is 2.87. The zero-order valence-electron chi connectivity index (χ0n) is 6.82. The molecular formula is C10H8O2S. The Balaban J connectivity index is 2.77. The summed E-state index contributed by atoms with van der Waals surface area (Å²) in [7, 11) is 0. The average molecular weight is 192 g/mol. The van der Waals surface area contributed by atoms with Crippen LogP contribution in [0.15, 0.2) is 29.2 Å². The van der Waals surface area contributed by atoms with E-state index < -0.39 is 5.97 Å². The van der Waals surface area contributed by atoms with E-state index in [1.54, 1.807) is 6.07 Å². The Labute approximate surface area is 82.0 Å². The van der Waals surface area contributed by atoms with Crippen molar-refractivity contribution in [2.75, 3.05) is 0 Å². The summed E-state index contributed by atoms with van der Waals surface area (Å²) in [6.07, 6.45) is -0.137. The summed E-state index contributed by atoms with van der Waals surface area (Å²) < 4.78 is 0. The highest BCUT2D eigenvalue weighted by molar-refractivity contribution is 7.80. The van der Waals surface area contributed by atoms with Crippen molar-refractivity contribution in [2.24, 2.45) is 0 Å². The Kier molecular flexibility index (Phi) is 3.41. The van der Waals surface area contributed by atoms with E-state index in [0.29, 0.717) is 0 Å². The summed E-state index contributed by atoms with van der Waals surface area (Å²) >= 11 is 4.17. The van der Waals surface area contributed by atoms with Gasteiger partial charge in [0.2, 0.25) is 0 Å². The van der Waals surface area contributed by atoms with Crippen LogP contribution in [-0.4, -0.2) is 11.1 Å². The summed E-state index contributed by atoms with van der Waals surface area (Å²) in [6.45, 7) is 0. The summed E-state index contributed by atoms with van der Waals surface area (Å²) in [6, 6.07) is 7.31. The maximum atomic E-state index is 10.2. The van der Waals surface area contributed by atoms with Crippen LogP contribution in [0.5, 0.6) is 0 Å². The topological polar surface area (TPSA) is 37.3 Å². The molecule has 0 bridgehead atoms. The minimum atomic E-state index is -0.913. The normalized spacial score (nSPS) is 8.69. The number of benzene rings is 1. The smallest absolute Gasteiger partial charge is 0.315 e. The van der Waals surface area contributed by atoms with Gasteiger partial charge in [-0.05, 0) is 12.1 Å². The van der Waals surface area contributed by atoms with E-state index in [2.05, 4.69) is 24.5 Å². The van der Waals surface area contributed by atoms with Crippen LogP contribution in [0.3, 0.4) is 0 Å². The first-order valence-electron chi connectivity index (χ1n) is 3.69. The number of carbonyl (C=O) groups is 1. The summed E-state index contributed by atoms with van der Waals surface area (Å²) in [4.78, 5) is 10.9. The van der Waals surface area contributed by atoms with Gasteiger partial charge in [-0.15, -0.1) is 12.6 Å². The molecule has 0 fully saturated rings. The number of carboxylic acid groups (broad SMARTS) is 1. The van der Waals surface area contributed by atoms with Crippen LogP contribution in [0.2, 0.25) is 0 Å². The van der Waals surface area contributed by atoms with Crippen molar-refractivity contribution in [3.63, 3.8) is 0 Å². The molecule has 0 amide bonds. The Morgan fingerprint density at radius 1 is 1.46 bits per heavy atom. The fourth-order valence-corrected chi connectivity index (χ4v) is 1.01. The molecule has 0 radical (unpaired) electrons. The predicted octanol–water partition coefficient (Wildman–Crippen LogP) is 1.80. The minimum absolute atomic E-state index is 0.137. The summed E-state index contributed by atoms with van der Waals surface area (Å²) in [5, 5.41) is 8.34. The summed E-state index contributed by atoms with van der Waals surface area (Å²) in [5.41, 5.74) is 0.757. The highest BCUT2D eigenvalue weighted by atomic mass is 32.1. The number of carboxylic acids is 1. The molecule has 0 heterocycles. The second kappa shape index (κ2) is 4.58. The number of aliphatic carboxylic acids is 1. The fraction of sp³-hybridized carbons (Fsp3) is 0.100. The van der Waals surface area contributed by atoms with Gasteiger partial charge in [-0.25, -0.2) is 0 Å². The molecule has 0 atom stereocenters. The Hall–Kier alpha value is -1.40. The monoisotopic (exact) mass is 192 g/mol. The third-order valence-electron chi connectivity index (χ3n) is 1.37. The van der Waals surface area contributed by atoms with E-state index in [1.165, 1.54) is 0 Å². The number of hydrogen-bond donors (Lipinski definition) is 2. The average Bonchev–Trinajstić information content (AvgIpc) is 2.08. The van der Waals surface area contributed by atoms with Gasteiger partial charge in [-0.3, -0.25) is 4.79 Å². The lowest BCUT2D eigenvalue weighted by Gasteiger charge is -1.93. The molecule has 0 saturated carbocycles. The largest absolute Gasteiger partial charge is 0.481 e. The summed E-state index contributed by atoms with van der Waals surface area (Å²) in [5.74, 6) is 4.37. The molecule has 0 saturated heterocycles. The van der Waals surface area contributed by atoms with Crippen molar-refractivity contribution in [3.8, 4) is 11.8 Å². The van der Waals surface area contributed by atoms with Gasteiger partial charge in [0.05, 0.1) is 0 Å². The van der Waals surface area contributed by atoms with Crippen molar-refractivity contribution in [1.29, 1.82) is 0 Å². The van der Waals surface area contributed by atoms with Gasteiger partial charge in [0.15, 0.2) is 0 Å². The molecule has 0 aromatic heterocycles. The second-order valence-electron chi connectivity index (χ2n) is 2.39. The SMILES string of the molecule is O=C(O)CC#Cc1ccccc1S. The molecule has 0 aliphatic heterocycles. The van der Waals surface area contributed by atoms with E-state index in [1.807, 2.05) is 18.2 Å². The minimum Gasteiger partial charge on any atom is -0.481 e. The molecule has 3 heteroatoms. The molecule has 1 aromatic rings. The molecule has 1 N–H and O–H groups in total. The molecule has 0 aliphatic carbocycles. The first kappa shape index (κ1) is 9.69. The zero-order chi connectivity index (χ0) is 9.68. The van der Waals surface area contributed by atoms with Gasteiger partial charge in [0, 0.05) is 10.5 Å². The molecule has 0 aliphatic rings. The van der Waals surface area contributed by atoms with Crippen molar-refractivity contribution in [1.82, 2.24) is 0 Å². The quantitative estimate of drug-likeness (QED) is 0.526. The molecular weight excluding hydrogens is 184 g/mol. The molecule has 0 spiro atoms. The first-order valence-corrected chi connectivity index (χ1v) is 4.13. The van der Waals surface area contributed by atoms with Crippen LogP contribution < -0.4 is 0 Å². The van der Waals surface area contributed by atoms with Crippen LogP contribution >= 0.6 is 12.6 Å². The Morgan fingerprint density at radius 2 is 2.15 bits per heavy atom. The van der Waals surface area contributed by atoms with Crippen LogP contribution in [0.25, 0.3) is 0 Å². The third-order valence-corrected chi connectivity index (χ3v) is 1.76. The van der Waals surface area contributed by atoms with Gasteiger partial charge in [-0.1, -0.05) is 24.0 Å². The van der Waals surface area contributed by atoms with Crippen LogP contribution in [0, 0.1) is 11.8 Å². The molecule has 13 heavy (non-hydrogen) atoms. The third kappa shape index (κ3) is 3.22. The maximum absolute atomic E-state index is 10.2. The van der Waals surface area contributed by atoms with E-state index >= 15 is 0 Å². The number of rotatable bonds is 1. The maximum Gasteiger partial charge on any atom is 0.315 e. The molecule has 1 rings (SSSR count). The predicted molar refractivity (Wildman–Crippen MR) is 52.8 cm³/mol. The van der Waals surface area contributed by atoms with Gasteiger partial charge >= 0.3 is 5.97 Å². The van der Waals surface area contributed by atoms with E-state index in [0.717, 1.165) is 10.5 Å². The Bertz CT molecular complexity index is 374. The van der Waals surface area contributed by atoms with Crippen molar-refractivity contribution >= 4 is 18.6 Å². The van der Waals surface area contributed by atoms with Gasteiger partial charge in [0.25, 0.3) is 0 Å². The lowest BCUT2D eigenvalue weighted by atomic mass is 10.2. The van der Waals surface area contributed by atoms with Crippen LogP contribution in [0.1, 0.15) is 12.0 Å². The van der Waals surface area contributed by atoms with Crippen LogP contribution in [0.4, 0.5) is 0 Å². The molecule has 2 nitrogen and oxygen atoms in total. The van der Waals surface area contributed by atoms with Crippen molar-refractivity contribution in [2.45, 2.75) is 11.3 Å². The Morgan fingerprint density at radius 3 is 2.77 bits per heavy atom. The zero-order valence-corrected chi connectivity index (χ0v) is 7.71. The fourth-order valence-electron chi connectivity index (χ4n) is 0.794. The van der Waals surface area contributed by atoms with E-state index in [-0.39, 0.29) is 6.42 Å². The lowest BCUT2D eigenvalue weighted by molar-refractivity contribution is -0.135. The highest BCUT2D eigenvalue weighted by Gasteiger charge is 1.92. The van der Waals surface area contributed by atoms with E-state index in [4.69, 9.17) is 5.11 Å². The molecule has 0 unspecified atom stereocenters. The molecule has 1 aromatic carbocycles. The lowest BCUT2D eigenvalue weighted by Crippen LogP contribution is -1.90. The van der Waals surface area contributed by atoms with Gasteiger partial charge in [-0.2, -0.15) is 0 Å². The standard InChI is InChI=1S/C10H8O2S/c11-10(12)7-3-5-8-4-1-2-6-9(8)13/h1-2,4,6,13H,7H2,(H,11,12). The van der Waals surface area contributed by atoms with Crippen LogP contribution in [-0.2, 0) is 4.79 Å².